The van der Waals surface area contributed by atoms with Gasteiger partial charge in [-0.05, 0) is 11.6 Å². The molecule has 0 aliphatic heterocycles. The summed E-state index contributed by atoms with van der Waals surface area (Å²) < 4.78 is 5.06. The fourth-order valence-corrected chi connectivity index (χ4v) is 1.74. The first-order chi connectivity index (χ1) is 10.6. The summed E-state index contributed by atoms with van der Waals surface area (Å²) in [4.78, 5) is 21.5. The summed E-state index contributed by atoms with van der Waals surface area (Å²) in [5.41, 5.74) is 0.867. The number of benzene rings is 2. The van der Waals surface area contributed by atoms with E-state index in [0.717, 1.165) is 11.6 Å². The van der Waals surface area contributed by atoms with E-state index in [1.54, 1.807) is 0 Å². The molecule has 0 heterocycles. The molecule has 0 saturated carbocycles. The van der Waals surface area contributed by atoms with E-state index in [1.165, 1.54) is 12.1 Å². The van der Waals surface area contributed by atoms with E-state index in [1.807, 2.05) is 30.3 Å². The van der Waals surface area contributed by atoms with E-state index >= 15 is 0 Å². The quantitative estimate of drug-likeness (QED) is 0.368. The standard InChI is InChI=1S/C15H14N2O5/c18-14-8-12(17(20)21)6-7-13(14)16-9-15(19)22-10-11-4-2-1-3-5-11/h1-8,16,18H,9-10H2. The molecule has 2 aromatic carbocycles. The first-order valence-electron chi connectivity index (χ1n) is 6.47. The van der Waals surface area contributed by atoms with E-state index in [-0.39, 0.29) is 30.3 Å². The number of nitro groups is 1. The van der Waals surface area contributed by atoms with Crippen molar-refractivity contribution in [2.75, 3.05) is 11.9 Å². The Morgan fingerprint density at radius 2 is 1.95 bits per heavy atom. The molecule has 0 spiro atoms. The van der Waals surface area contributed by atoms with Gasteiger partial charge in [0.25, 0.3) is 5.69 Å². The van der Waals surface area contributed by atoms with Crippen molar-refractivity contribution in [3.63, 3.8) is 0 Å². The number of phenols is 1. The second kappa shape index (κ2) is 7.07. The Balaban J connectivity index is 1.85. The van der Waals surface area contributed by atoms with Gasteiger partial charge in [-0.3, -0.25) is 14.9 Å². The van der Waals surface area contributed by atoms with Crippen LogP contribution in [0.25, 0.3) is 0 Å². The van der Waals surface area contributed by atoms with Gasteiger partial charge in [0.05, 0.1) is 16.7 Å². The zero-order chi connectivity index (χ0) is 15.9. The number of carbonyl (C=O) groups excluding carboxylic acids is 1. The number of non-ortho nitro benzene ring substituents is 1. The average Bonchev–Trinajstić information content (AvgIpc) is 2.52. The normalized spacial score (nSPS) is 10.0. The highest BCUT2D eigenvalue weighted by molar-refractivity contribution is 5.76. The molecule has 7 nitrogen and oxygen atoms in total. The number of nitrogens with one attached hydrogen (secondary N) is 1. The van der Waals surface area contributed by atoms with E-state index in [9.17, 15) is 20.0 Å². The highest BCUT2D eigenvalue weighted by Gasteiger charge is 2.11. The maximum absolute atomic E-state index is 11.6. The minimum absolute atomic E-state index is 0.155. The monoisotopic (exact) mass is 302 g/mol. The Kier molecular flexibility index (Phi) is 4.92. The van der Waals surface area contributed by atoms with E-state index in [2.05, 4.69) is 5.32 Å². The summed E-state index contributed by atoms with van der Waals surface area (Å²) >= 11 is 0. The highest BCUT2D eigenvalue weighted by Crippen LogP contribution is 2.27. The van der Waals surface area contributed by atoms with Crippen LogP contribution in [-0.2, 0) is 16.1 Å². The molecule has 2 aromatic rings. The van der Waals surface area contributed by atoms with Gasteiger partial charge in [-0.2, -0.15) is 0 Å². The smallest absolute Gasteiger partial charge is 0.325 e. The third kappa shape index (κ3) is 4.20. The molecule has 0 unspecified atom stereocenters. The zero-order valence-electron chi connectivity index (χ0n) is 11.6. The molecule has 114 valence electrons. The van der Waals surface area contributed by atoms with Gasteiger partial charge in [-0.15, -0.1) is 0 Å². The Labute approximate surface area is 126 Å². The Morgan fingerprint density at radius 1 is 1.23 bits per heavy atom. The maximum atomic E-state index is 11.6. The number of carbonyl (C=O) groups is 1. The minimum atomic E-state index is -0.613. The first kappa shape index (κ1) is 15.3. The second-order valence-electron chi connectivity index (χ2n) is 4.46. The van der Waals surface area contributed by atoms with Crippen LogP contribution >= 0.6 is 0 Å². The van der Waals surface area contributed by atoms with Crippen LogP contribution in [0, 0.1) is 10.1 Å². The van der Waals surface area contributed by atoms with Gasteiger partial charge in [0.15, 0.2) is 0 Å². The van der Waals surface area contributed by atoms with Gasteiger partial charge in [0.2, 0.25) is 0 Å². The van der Waals surface area contributed by atoms with Crippen LogP contribution in [0.15, 0.2) is 48.5 Å². The van der Waals surface area contributed by atoms with Gasteiger partial charge in [0.1, 0.15) is 18.9 Å². The van der Waals surface area contributed by atoms with Crippen LogP contribution in [0.2, 0.25) is 0 Å². The van der Waals surface area contributed by atoms with Crippen molar-refractivity contribution >= 4 is 17.3 Å². The van der Waals surface area contributed by atoms with Gasteiger partial charge in [-0.25, -0.2) is 0 Å². The molecule has 0 aromatic heterocycles. The molecule has 22 heavy (non-hydrogen) atoms. The maximum Gasteiger partial charge on any atom is 0.325 e. The molecule has 0 aliphatic carbocycles. The fraction of sp³-hybridized carbons (Fsp3) is 0.133. The van der Waals surface area contributed by atoms with Crippen LogP contribution in [0.1, 0.15) is 5.56 Å². The zero-order valence-corrected chi connectivity index (χ0v) is 11.6. The van der Waals surface area contributed by atoms with Crippen LogP contribution in [0.4, 0.5) is 11.4 Å². The predicted octanol–water partition coefficient (Wildman–Crippen LogP) is 2.46. The van der Waals surface area contributed by atoms with Crippen molar-refractivity contribution in [2.24, 2.45) is 0 Å². The Bertz CT molecular complexity index is 673. The number of esters is 1. The van der Waals surface area contributed by atoms with Gasteiger partial charge >= 0.3 is 5.97 Å². The molecular formula is C15H14N2O5. The number of anilines is 1. The SMILES string of the molecule is O=C(CNc1ccc([N+](=O)[O-])cc1O)OCc1ccccc1. The molecule has 0 fully saturated rings. The number of phenolic OH excluding ortho intramolecular Hbond substituents is 1. The number of aromatic hydroxyl groups is 1. The molecule has 2 N–H and O–H groups in total. The molecule has 0 saturated heterocycles. The lowest BCUT2D eigenvalue weighted by molar-refractivity contribution is -0.384. The number of hydrogen-bond donors (Lipinski definition) is 2. The van der Waals surface area contributed by atoms with Crippen LogP contribution in [-0.4, -0.2) is 22.5 Å². The summed E-state index contributed by atoms with van der Waals surface area (Å²) in [6, 6.07) is 12.8. The Hall–Kier alpha value is -3.09. The molecule has 2 rings (SSSR count). The summed E-state index contributed by atoms with van der Waals surface area (Å²) in [6.07, 6.45) is 0. The number of hydrogen-bond acceptors (Lipinski definition) is 6. The van der Waals surface area contributed by atoms with Crippen LogP contribution in [0.3, 0.4) is 0 Å². The van der Waals surface area contributed by atoms with Crippen molar-refractivity contribution < 1.29 is 19.6 Å². The third-order valence-electron chi connectivity index (χ3n) is 2.86. The van der Waals surface area contributed by atoms with Crippen molar-refractivity contribution in [2.45, 2.75) is 6.61 Å². The fourth-order valence-electron chi connectivity index (χ4n) is 1.74. The van der Waals surface area contributed by atoms with Crippen molar-refractivity contribution in [1.82, 2.24) is 0 Å². The van der Waals surface area contributed by atoms with E-state index < -0.39 is 10.9 Å². The summed E-state index contributed by atoms with van der Waals surface area (Å²) in [7, 11) is 0. The largest absolute Gasteiger partial charge is 0.506 e. The minimum Gasteiger partial charge on any atom is -0.506 e. The number of nitrogens with zero attached hydrogens (tertiary/aromatic N) is 1. The third-order valence-corrected chi connectivity index (χ3v) is 2.86. The topological polar surface area (TPSA) is 102 Å². The van der Waals surface area contributed by atoms with Gasteiger partial charge in [-0.1, -0.05) is 30.3 Å². The summed E-state index contributed by atoms with van der Waals surface area (Å²) in [5, 5.41) is 22.9. The highest BCUT2D eigenvalue weighted by atomic mass is 16.6. The van der Waals surface area contributed by atoms with Crippen molar-refractivity contribution in [3.8, 4) is 5.75 Å². The second-order valence-corrected chi connectivity index (χ2v) is 4.46. The predicted molar refractivity (Wildman–Crippen MR) is 79.5 cm³/mol. The first-order valence-corrected chi connectivity index (χ1v) is 6.47. The van der Waals surface area contributed by atoms with Gasteiger partial charge < -0.3 is 15.2 Å². The lowest BCUT2D eigenvalue weighted by Gasteiger charge is -2.08. The average molecular weight is 302 g/mol. The molecule has 0 amide bonds. The van der Waals surface area contributed by atoms with Crippen molar-refractivity contribution in [3.05, 3.63) is 64.2 Å². The number of ether oxygens (including phenoxy) is 1. The molecule has 0 radical (unpaired) electrons. The molecule has 0 atom stereocenters. The summed E-state index contributed by atoms with van der Waals surface area (Å²) in [6.45, 7) is 0.00576. The van der Waals surface area contributed by atoms with E-state index in [0.29, 0.717) is 0 Å². The van der Waals surface area contributed by atoms with Gasteiger partial charge in [0, 0.05) is 6.07 Å². The van der Waals surface area contributed by atoms with Crippen LogP contribution < -0.4 is 5.32 Å². The Morgan fingerprint density at radius 3 is 2.59 bits per heavy atom. The van der Waals surface area contributed by atoms with Crippen molar-refractivity contribution in [1.29, 1.82) is 0 Å². The molecule has 0 bridgehead atoms. The van der Waals surface area contributed by atoms with Crippen LogP contribution in [0.5, 0.6) is 5.75 Å². The molecule has 0 aliphatic rings. The lowest BCUT2D eigenvalue weighted by Crippen LogP contribution is -2.16. The molecule has 7 heteroatoms. The lowest BCUT2D eigenvalue weighted by atomic mass is 10.2. The number of nitro benzene ring substituents is 1. The molecular weight excluding hydrogens is 288 g/mol. The summed E-state index contributed by atoms with van der Waals surface area (Å²) in [5.74, 6) is -0.799. The van der Waals surface area contributed by atoms with E-state index in [4.69, 9.17) is 4.74 Å². The number of rotatable bonds is 6.